The van der Waals surface area contributed by atoms with Gasteiger partial charge in [-0.3, -0.25) is 14.9 Å². The molecular weight excluding hydrogens is 460 g/mol. The summed E-state index contributed by atoms with van der Waals surface area (Å²) in [4.78, 5) is 32.4. The van der Waals surface area contributed by atoms with Gasteiger partial charge in [0.2, 0.25) is 0 Å². The molecular formula is C22H24N6O3S2. The van der Waals surface area contributed by atoms with Crippen molar-refractivity contribution in [2.45, 2.75) is 26.2 Å². The molecule has 0 saturated carbocycles. The summed E-state index contributed by atoms with van der Waals surface area (Å²) in [5.74, 6) is -0.518. The third-order valence-corrected chi connectivity index (χ3v) is 7.12. The van der Waals surface area contributed by atoms with Crippen molar-refractivity contribution in [3.05, 3.63) is 56.3 Å². The van der Waals surface area contributed by atoms with Crippen LogP contribution in [0.1, 0.15) is 41.4 Å². The van der Waals surface area contributed by atoms with E-state index >= 15 is 0 Å². The standard InChI is InChI=1S/C22H24N6O3S2/c1-2-23-16-9-8-15(13-17(16)28(30)31)21(29)26-24-14-19-20(18-7-6-12-32-18)25-22(33-19)27-10-4-3-5-11-27/h6-9,12-14,23H,2-5,10-11H2,1H3,(H,26,29)/b24-14+. The number of amides is 1. The predicted octanol–water partition coefficient (Wildman–Crippen LogP) is 4.97. The molecule has 1 fully saturated rings. The highest BCUT2D eigenvalue weighted by molar-refractivity contribution is 7.18. The van der Waals surface area contributed by atoms with Crippen LogP contribution in [0, 0.1) is 10.1 Å². The summed E-state index contributed by atoms with van der Waals surface area (Å²) in [6.07, 6.45) is 5.16. The lowest BCUT2D eigenvalue weighted by Crippen LogP contribution is -2.29. The van der Waals surface area contributed by atoms with E-state index in [9.17, 15) is 14.9 Å². The molecule has 1 amide bonds. The normalized spacial score (nSPS) is 13.9. The highest BCUT2D eigenvalue weighted by Crippen LogP contribution is 2.35. The van der Waals surface area contributed by atoms with E-state index in [0.29, 0.717) is 12.2 Å². The Bertz CT molecular complexity index is 1150. The molecule has 3 aromatic rings. The molecule has 1 aliphatic rings. The number of hydrogen-bond acceptors (Lipinski definition) is 9. The maximum atomic E-state index is 12.6. The monoisotopic (exact) mass is 484 g/mol. The first-order valence-electron chi connectivity index (χ1n) is 10.7. The van der Waals surface area contributed by atoms with Gasteiger partial charge < -0.3 is 10.2 Å². The number of thiazole rings is 1. The molecule has 0 radical (unpaired) electrons. The lowest BCUT2D eigenvalue weighted by molar-refractivity contribution is -0.384. The number of piperidine rings is 1. The van der Waals surface area contributed by atoms with Crippen molar-refractivity contribution in [3.8, 4) is 10.6 Å². The number of thiophene rings is 1. The van der Waals surface area contributed by atoms with E-state index in [-0.39, 0.29) is 11.3 Å². The molecule has 0 unspecified atom stereocenters. The number of aromatic nitrogens is 1. The van der Waals surface area contributed by atoms with Gasteiger partial charge in [-0.05, 0) is 49.8 Å². The van der Waals surface area contributed by atoms with Gasteiger partial charge in [0.15, 0.2) is 5.13 Å². The average Bonchev–Trinajstić information content (AvgIpc) is 3.50. The number of hydrogen-bond donors (Lipinski definition) is 2. The van der Waals surface area contributed by atoms with E-state index in [1.54, 1.807) is 28.9 Å². The van der Waals surface area contributed by atoms with Crippen molar-refractivity contribution in [1.82, 2.24) is 10.4 Å². The predicted molar refractivity (Wildman–Crippen MR) is 134 cm³/mol. The summed E-state index contributed by atoms with van der Waals surface area (Å²) in [5.41, 5.74) is 3.72. The maximum Gasteiger partial charge on any atom is 0.293 e. The Labute approximate surface area is 199 Å². The van der Waals surface area contributed by atoms with Gasteiger partial charge >= 0.3 is 0 Å². The van der Waals surface area contributed by atoms with Crippen LogP contribution in [0.15, 0.2) is 40.8 Å². The Balaban J connectivity index is 1.53. The fourth-order valence-corrected chi connectivity index (χ4v) is 5.39. The van der Waals surface area contributed by atoms with E-state index in [0.717, 1.165) is 46.5 Å². The Hall–Kier alpha value is -3.31. The number of hydrazone groups is 1. The highest BCUT2D eigenvalue weighted by Gasteiger charge is 2.20. The first-order valence-corrected chi connectivity index (χ1v) is 12.4. The van der Waals surface area contributed by atoms with E-state index in [1.807, 2.05) is 24.4 Å². The molecule has 1 saturated heterocycles. The number of nitro groups is 1. The second kappa shape index (κ2) is 10.5. The number of nitrogens with zero attached hydrogens (tertiary/aromatic N) is 4. The van der Waals surface area contributed by atoms with Crippen molar-refractivity contribution in [2.24, 2.45) is 5.10 Å². The Morgan fingerprint density at radius 3 is 2.82 bits per heavy atom. The summed E-state index contributed by atoms with van der Waals surface area (Å²) in [6, 6.07) is 8.31. The van der Waals surface area contributed by atoms with E-state index in [2.05, 4.69) is 20.7 Å². The number of carbonyl (C=O) groups excluding carboxylic acids is 1. The Kier molecular flexibility index (Phi) is 7.30. The number of anilines is 2. The zero-order valence-electron chi connectivity index (χ0n) is 18.1. The fraction of sp³-hybridized carbons (Fsp3) is 0.318. The van der Waals surface area contributed by atoms with Gasteiger partial charge in [-0.15, -0.1) is 11.3 Å². The molecule has 33 heavy (non-hydrogen) atoms. The van der Waals surface area contributed by atoms with Crippen molar-refractivity contribution >= 4 is 51.3 Å². The zero-order chi connectivity index (χ0) is 23.2. The smallest absolute Gasteiger partial charge is 0.293 e. The maximum absolute atomic E-state index is 12.6. The Morgan fingerprint density at radius 1 is 1.30 bits per heavy atom. The van der Waals surface area contributed by atoms with Crippen LogP contribution in [-0.4, -0.2) is 41.7 Å². The zero-order valence-corrected chi connectivity index (χ0v) is 19.7. The first-order chi connectivity index (χ1) is 16.1. The minimum Gasteiger partial charge on any atom is -0.380 e. The molecule has 2 N–H and O–H groups in total. The van der Waals surface area contributed by atoms with Gasteiger partial charge in [-0.1, -0.05) is 17.4 Å². The molecule has 0 spiro atoms. The molecule has 4 rings (SSSR count). The van der Waals surface area contributed by atoms with Crippen LogP contribution in [0.4, 0.5) is 16.5 Å². The van der Waals surface area contributed by atoms with E-state index in [1.165, 1.54) is 24.6 Å². The van der Waals surface area contributed by atoms with Crippen LogP contribution in [0.25, 0.3) is 10.6 Å². The number of benzene rings is 1. The van der Waals surface area contributed by atoms with Gasteiger partial charge in [0.1, 0.15) is 11.4 Å². The minimum absolute atomic E-state index is 0.151. The van der Waals surface area contributed by atoms with Crippen molar-refractivity contribution in [2.75, 3.05) is 29.9 Å². The number of nitrogens with one attached hydrogen (secondary N) is 2. The van der Waals surface area contributed by atoms with Crippen molar-refractivity contribution in [3.63, 3.8) is 0 Å². The second-order valence-corrected chi connectivity index (χ2v) is 9.41. The quantitative estimate of drug-likeness (QED) is 0.265. The van der Waals surface area contributed by atoms with Gasteiger partial charge in [-0.2, -0.15) is 5.10 Å². The van der Waals surface area contributed by atoms with Crippen LogP contribution in [0.5, 0.6) is 0 Å². The minimum atomic E-state index is -0.518. The molecule has 9 nitrogen and oxygen atoms in total. The Morgan fingerprint density at radius 2 is 2.12 bits per heavy atom. The third kappa shape index (κ3) is 5.37. The van der Waals surface area contributed by atoms with Crippen LogP contribution >= 0.6 is 22.7 Å². The van der Waals surface area contributed by atoms with Gasteiger partial charge in [0.05, 0.1) is 20.9 Å². The van der Waals surface area contributed by atoms with Crippen molar-refractivity contribution in [1.29, 1.82) is 0 Å². The van der Waals surface area contributed by atoms with E-state index in [4.69, 9.17) is 4.98 Å². The van der Waals surface area contributed by atoms with Crippen LogP contribution in [0.2, 0.25) is 0 Å². The molecule has 0 aliphatic carbocycles. The molecule has 1 aliphatic heterocycles. The molecule has 1 aromatic carbocycles. The molecule has 3 heterocycles. The topological polar surface area (TPSA) is 113 Å². The largest absolute Gasteiger partial charge is 0.380 e. The molecule has 11 heteroatoms. The number of nitro benzene ring substituents is 1. The summed E-state index contributed by atoms with van der Waals surface area (Å²) in [6.45, 7) is 4.37. The van der Waals surface area contributed by atoms with Crippen LogP contribution in [-0.2, 0) is 0 Å². The molecule has 0 bridgehead atoms. The van der Waals surface area contributed by atoms with Crippen LogP contribution in [0.3, 0.4) is 0 Å². The van der Waals surface area contributed by atoms with Gasteiger partial charge in [0, 0.05) is 31.3 Å². The summed E-state index contributed by atoms with van der Waals surface area (Å²) >= 11 is 3.15. The highest BCUT2D eigenvalue weighted by atomic mass is 32.1. The average molecular weight is 485 g/mol. The lowest BCUT2D eigenvalue weighted by atomic mass is 10.1. The molecule has 172 valence electrons. The first kappa shape index (κ1) is 22.9. The lowest BCUT2D eigenvalue weighted by Gasteiger charge is -2.25. The summed E-state index contributed by atoms with van der Waals surface area (Å²) < 4.78 is 0. The number of rotatable bonds is 8. The summed E-state index contributed by atoms with van der Waals surface area (Å²) in [7, 11) is 0. The van der Waals surface area contributed by atoms with Crippen molar-refractivity contribution < 1.29 is 9.72 Å². The SMILES string of the molecule is CCNc1ccc(C(=O)N/N=C/c2sc(N3CCCCC3)nc2-c2cccs2)cc1[N+](=O)[O-]. The number of carbonyl (C=O) groups is 1. The van der Waals surface area contributed by atoms with E-state index < -0.39 is 10.8 Å². The fourth-order valence-electron chi connectivity index (χ4n) is 3.60. The molecule has 2 aromatic heterocycles. The summed E-state index contributed by atoms with van der Waals surface area (Å²) in [5, 5.41) is 21.4. The van der Waals surface area contributed by atoms with Crippen LogP contribution < -0.4 is 15.6 Å². The second-order valence-electron chi connectivity index (χ2n) is 7.45. The molecule has 0 atom stereocenters. The third-order valence-electron chi connectivity index (χ3n) is 5.19. The van der Waals surface area contributed by atoms with Gasteiger partial charge in [-0.25, -0.2) is 10.4 Å². The van der Waals surface area contributed by atoms with Gasteiger partial charge in [0.25, 0.3) is 11.6 Å².